The van der Waals surface area contributed by atoms with Gasteiger partial charge in [0.1, 0.15) is 36.3 Å². The van der Waals surface area contributed by atoms with Crippen LogP contribution in [0.1, 0.15) is 58.3 Å². The molecule has 0 amide bonds. The highest BCUT2D eigenvalue weighted by Gasteiger charge is 2.60. The molecule has 3 saturated heterocycles. The molecule has 2 unspecified atom stereocenters. The minimum absolute atomic E-state index is 0.114. The molecule has 1 aliphatic carbocycles. The molecule has 7 nitrogen and oxygen atoms in total. The Bertz CT molecular complexity index is 518. The summed E-state index contributed by atoms with van der Waals surface area (Å²) in [5.74, 6) is -0.515. The number of rotatable bonds is 4. The molecular formula is C19H30O7. The number of carbonyl (C=O) groups excluding carboxylic acids is 1. The lowest BCUT2D eigenvalue weighted by molar-refractivity contribution is -0.255. The summed E-state index contributed by atoms with van der Waals surface area (Å²) in [5.41, 5.74) is 0. The van der Waals surface area contributed by atoms with Gasteiger partial charge >= 0.3 is 0 Å². The first-order valence-electron chi connectivity index (χ1n) is 9.96. The van der Waals surface area contributed by atoms with E-state index >= 15 is 0 Å². The van der Waals surface area contributed by atoms with Crippen LogP contribution in [0.15, 0.2) is 0 Å². The van der Waals surface area contributed by atoms with Crippen LogP contribution in [-0.4, -0.2) is 71.1 Å². The van der Waals surface area contributed by atoms with Crippen molar-refractivity contribution in [3.8, 4) is 0 Å². The Morgan fingerprint density at radius 1 is 1.08 bits per heavy atom. The third kappa shape index (κ3) is 3.45. The number of carbonyl (C=O) groups is 1. The number of ether oxygens (including phenoxy) is 4. The van der Waals surface area contributed by atoms with Crippen molar-refractivity contribution in [1.82, 2.24) is 0 Å². The van der Waals surface area contributed by atoms with Crippen LogP contribution in [0.5, 0.6) is 0 Å². The lowest BCUT2D eigenvalue weighted by Crippen LogP contribution is -2.62. The predicted octanol–water partition coefficient (Wildman–Crippen LogP) is 1.08. The van der Waals surface area contributed by atoms with Gasteiger partial charge in [-0.25, -0.2) is 0 Å². The fourth-order valence-electron chi connectivity index (χ4n) is 4.98. The monoisotopic (exact) mass is 370 g/mol. The molecule has 26 heavy (non-hydrogen) atoms. The summed E-state index contributed by atoms with van der Waals surface area (Å²) in [4.78, 5) is 11.5. The first-order chi connectivity index (χ1) is 12.5. The lowest BCUT2D eigenvalue weighted by Gasteiger charge is -2.47. The molecule has 4 fully saturated rings. The molecule has 2 N–H and O–H groups in total. The number of fused-ring (bicyclic) bond motifs is 3. The van der Waals surface area contributed by atoms with E-state index in [1.165, 1.54) is 6.42 Å². The predicted molar refractivity (Wildman–Crippen MR) is 90.5 cm³/mol. The van der Waals surface area contributed by atoms with Crippen LogP contribution in [0, 0.1) is 0 Å². The van der Waals surface area contributed by atoms with Gasteiger partial charge in [-0.1, -0.05) is 6.42 Å². The molecule has 0 radical (unpaired) electrons. The molecule has 1 saturated carbocycles. The number of hydrogen-bond donors (Lipinski definition) is 2. The topological polar surface area (TPSA) is 94.5 Å². The Labute approximate surface area is 153 Å². The van der Waals surface area contributed by atoms with Gasteiger partial charge in [0, 0.05) is 19.3 Å². The zero-order chi connectivity index (χ0) is 18.3. The van der Waals surface area contributed by atoms with Gasteiger partial charge in [0.05, 0.1) is 18.8 Å². The molecule has 0 aromatic carbocycles. The van der Waals surface area contributed by atoms with Gasteiger partial charge in [-0.3, -0.25) is 4.79 Å². The van der Waals surface area contributed by atoms with E-state index in [9.17, 15) is 15.0 Å². The standard InChI is InChI=1S/C19H30O7/c1-11(21)9-12-5-6-14-16(23-12)18-17(15(24-14)13(22)10-20)25-19(26-18)7-3-2-4-8-19/h12-18,20,22H,2-10H2,1H3/t12-,13?,14+,15+,16+,17?,18+/m1/s1. The Hall–Kier alpha value is -0.570. The molecule has 148 valence electrons. The summed E-state index contributed by atoms with van der Waals surface area (Å²) in [5, 5.41) is 19.7. The van der Waals surface area contributed by atoms with E-state index in [1.807, 2.05) is 0 Å². The van der Waals surface area contributed by atoms with Gasteiger partial charge in [0.15, 0.2) is 5.79 Å². The molecule has 3 aliphatic heterocycles. The van der Waals surface area contributed by atoms with Crippen molar-refractivity contribution in [2.75, 3.05) is 6.61 Å². The van der Waals surface area contributed by atoms with Crippen molar-refractivity contribution < 1.29 is 34.0 Å². The largest absolute Gasteiger partial charge is 0.394 e. The van der Waals surface area contributed by atoms with Gasteiger partial charge in [-0.2, -0.15) is 0 Å². The Balaban J connectivity index is 1.56. The Morgan fingerprint density at radius 3 is 2.50 bits per heavy atom. The van der Waals surface area contributed by atoms with E-state index in [0.29, 0.717) is 6.42 Å². The van der Waals surface area contributed by atoms with Gasteiger partial charge in [-0.15, -0.1) is 0 Å². The average molecular weight is 370 g/mol. The summed E-state index contributed by atoms with van der Waals surface area (Å²) in [6.45, 7) is 1.20. The highest BCUT2D eigenvalue weighted by Crippen LogP contribution is 2.47. The summed E-state index contributed by atoms with van der Waals surface area (Å²) < 4.78 is 25.1. The van der Waals surface area contributed by atoms with E-state index in [1.54, 1.807) is 6.92 Å². The zero-order valence-corrected chi connectivity index (χ0v) is 15.3. The number of Topliss-reactive ketones (excluding diaryl/α,β-unsaturated/α-hetero) is 1. The highest BCUT2D eigenvalue weighted by atomic mass is 16.8. The Kier molecular flexibility index (Phi) is 5.38. The van der Waals surface area contributed by atoms with Gasteiger partial charge < -0.3 is 29.2 Å². The molecule has 4 aliphatic rings. The normalized spacial score (nSPS) is 42.9. The van der Waals surface area contributed by atoms with E-state index < -0.39 is 24.1 Å². The van der Waals surface area contributed by atoms with Crippen LogP contribution in [-0.2, 0) is 23.7 Å². The van der Waals surface area contributed by atoms with Crippen molar-refractivity contribution in [1.29, 1.82) is 0 Å². The number of ketones is 1. The van der Waals surface area contributed by atoms with Crippen LogP contribution in [0.2, 0.25) is 0 Å². The first-order valence-corrected chi connectivity index (χ1v) is 9.96. The fourth-order valence-corrected chi connectivity index (χ4v) is 4.98. The molecule has 7 atom stereocenters. The number of hydrogen-bond acceptors (Lipinski definition) is 7. The fraction of sp³-hybridized carbons (Fsp3) is 0.947. The van der Waals surface area contributed by atoms with Crippen molar-refractivity contribution >= 4 is 5.78 Å². The summed E-state index contributed by atoms with van der Waals surface area (Å²) in [6, 6.07) is 0. The highest BCUT2D eigenvalue weighted by molar-refractivity contribution is 5.75. The number of aliphatic hydroxyl groups excluding tert-OH is 2. The van der Waals surface area contributed by atoms with Crippen LogP contribution in [0.25, 0.3) is 0 Å². The zero-order valence-electron chi connectivity index (χ0n) is 15.3. The smallest absolute Gasteiger partial charge is 0.169 e. The van der Waals surface area contributed by atoms with Crippen LogP contribution < -0.4 is 0 Å². The van der Waals surface area contributed by atoms with E-state index in [0.717, 1.165) is 38.5 Å². The summed E-state index contributed by atoms with van der Waals surface area (Å²) in [7, 11) is 0. The second-order valence-electron chi connectivity index (χ2n) is 8.23. The molecular weight excluding hydrogens is 340 g/mol. The SMILES string of the molecule is CC(=O)C[C@H]1CC[C@@H]2O[C@@H](C(O)CO)C3OC4(CCCCC4)O[C@H]3[C@H]2O1. The molecule has 0 aromatic heterocycles. The maximum Gasteiger partial charge on any atom is 0.169 e. The molecule has 0 aromatic rings. The van der Waals surface area contributed by atoms with Gasteiger partial charge in [0.25, 0.3) is 0 Å². The lowest BCUT2D eigenvalue weighted by atomic mass is 9.87. The van der Waals surface area contributed by atoms with Crippen molar-refractivity contribution in [2.45, 2.75) is 107 Å². The number of aliphatic hydroxyl groups is 2. The molecule has 3 heterocycles. The van der Waals surface area contributed by atoms with Crippen LogP contribution in [0.3, 0.4) is 0 Å². The van der Waals surface area contributed by atoms with Crippen LogP contribution in [0.4, 0.5) is 0 Å². The third-order valence-corrected chi connectivity index (χ3v) is 6.19. The first kappa shape index (κ1) is 18.8. The second-order valence-corrected chi connectivity index (χ2v) is 8.23. The van der Waals surface area contributed by atoms with Crippen LogP contribution >= 0.6 is 0 Å². The summed E-state index contributed by atoms with van der Waals surface area (Å²) in [6.07, 6.45) is 3.74. The molecule has 1 spiro atoms. The second kappa shape index (κ2) is 7.45. The van der Waals surface area contributed by atoms with E-state index in [4.69, 9.17) is 18.9 Å². The summed E-state index contributed by atoms with van der Waals surface area (Å²) >= 11 is 0. The molecule has 0 bridgehead atoms. The Morgan fingerprint density at radius 2 is 1.81 bits per heavy atom. The van der Waals surface area contributed by atoms with E-state index in [-0.39, 0.29) is 36.8 Å². The third-order valence-electron chi connectivity index (χ3n) is 6.19. The van der Waals surface area contributed by atoms with Crippen molar-refractivity contribution in [2.24, 2.45) is 0 Å². The van der Waals surface area contributed by atoms with E-state index in [2.05, 4.69) is 0 Å². The van der Waals surface area contributed by atoms with Crippen molar-refractivity contribution in [3.05, 3.63) is 0 Å². The van der Waals surface area contributed by atoms with Gasteiger partial charge in [0.2, 0.25) is 0 Å². The molecule has 7 heteroatoms. The quantitative estimate of drug-likeness (QED) is 0.765. The minimum atomic E-state index is -1.01. The van der Waals surface area contributed by atoms with Crippen molar-refractivity contribution in [3.63, 3.8) is 0 Å². The van der Waals surface area contributed by atoms with Gasteiger partial charge in [-0.05, 0) is 32.6 Å². The molecule has 4 rings (SSSR count). The maximum absolute atomic E-state index is 11.5. The average Bonchev–Trinajstić information content (AvgIpc) is 2.99. The maximum atomic E-state index is 11.5. The minimum Gasteiger partial charge on any atom is -0.394 e.